The second-order valence-corrected chi connectivity index (χ2v) is 14.5. The van der Waals surface area contributed by atoms with Crippen LogP contribution in [-0.2, 0) is 15.4 Å². The molecular weight excluding hydrogens is 423 g/mol. The second kappa shape index (κ2) is 8.39. The van der Waals surface area contributed by atoms with Crippen molar-refractivity contribution in [2.45, 2.75) is 107 Å². The fourth-order valence-electron chi connectivity index (χ4n) is 4.45. The van der Waals surface area contributed by atoms with E-state index in [1.54, 1.807) is 0 Å². The summed E-state index contributed by atoms with van der Waals surface area (Å²) in [5.74, 6) is 0.981. The summed E-state index contributed by atoms with van der Waals surface area (Å²) >= 11 is 0. The molecule has 0 saturated heterocycles. The molecule has 3 rings (SSSR count). The SMILES string of the molecule is C/C1=C2\C=C(C(C)(C)C)C=C(C(C)(C)C)C2OPOc2c1cc(C(C)(C)C)cc2C(C)(C)C. The lowest BCUT2D eigenvalue weighted by molar-refractivity contribution is 0.252. The number of hydrogen-bond donors (Lipinski definition) is 0. The van der Waals surface area contributed by atoms with Gasteiger partial charge in [0.1, 0.15) is 11.9 Å². The molecule has 0 saturated carbocycles. The molecule has 0 fully saturated rings. The van der Waals surface area contributed by atoms with E-state index in [-0.39, 0.29) is 36.8 Å². The Bertz CT molecular complexity index is 1030. The first-order chi connectivity index (χ1) is 14.8. The van der Waals surface area contributed by atoms with Gasteiger partial charge in [-0.05, 0) is 62.5 Å². The van der Waals surface area contributed by atoms with Crippen molar-refractivity contribution in [2.75, 3.05) is 0 Å². The molecule has 1 aromatic carbocycles. The molecule has 1 aromatic rings. The van der Waals surface area contributed by atoms with E-state index in [9.17, 15) is 0 Å². The van der Waals surface area contributed by atoms with E-state index in [0.717, 1.165) is 5.75 Å². The predicted octanol–water partition coefficient (Wildman–Crippen LogP) is 9.30. The quantitative estimate of drug-likeness (QED) is 0.353. The normalized spacial score (nSPS) is 23.1. The maximum absolute atomic E-state index is 6.51. The summed E-state index contributed by atoms with van der Waals surface area (Å²) in [6.07, 6.45) is 4.68. The van der Waals surface area contributed by atoms with Gasteiger partial charge in [0.05, 0.1) is 0 Å². The van der Waals surface area contributed by atoms with E-state index in [1.807, 2.05) is 0 Å². The van der Waals surface area contributed by atoms with Crippen LogP contribution < -0.4 is 4.52 Å². The molecule has 33 heavy (non-hydrogen) atoms. The summed E-state index contributed by atoms with van der Waals surface area (Å²) < 4.78 is 13.0. The first-order valence-corrected chi connectivity index (χ1v) is 13.1. The van der Waals surface area contributed by atoms with Crippen LogP contribution in [0.4, 0.5) is 0 Å². The molecule has 1 heterocycles. The zero-order chi connectivity index (χ0) is 25.1. The molecule has 0 amide bonds. The van der Waals surface area contributed by atoms with E-state index in [1.165, 1.54) is 39.0 Å². The van der Waals surface area contributed by atoms with Crippen LogP contribution in [0.25, 0.3) is 5.57 Å². The lowest BCUT2D eigenvalue weighted by Gasteiger charge is -2.39. The molecular formula is C30H45O2P. The minimum atomic E-state index is -0.0843. The van der Waals surface area contributed by atoms with Crippen molar-refractivity contribution in [1.29, 1.82) is 0 Å². The van der Waals surface area contributed by atoms with Crippen LogP contribution in [0, 0.1) is 10.8 Å². The molecule has 0 radical (unpaired) electrons. The predicted molar refractivity (Wildman–Crippen MR) is 145 cm³/mol. The molecule has 0 bridgehead atoms. The largest absolute Gasteiger partial charge is 0.449 e. The first-order valence-electron chi connectivity index (χ1n) is 12.2. The number of rotatable bonds is 0. The van der Waals surface area contributed by atoms with Crippen LogP contribution in [0.3, 0.4) is 0 Å². The summed E-state index contributed by atoms with van der Waals surface area (Å²) in [6.45, 7) is 29.7. The zero-order valence-electron chi connectivity index (χ0n) is 23.2. The van der Waals surface area contributed by atoms with Crippen molar-refractivity contribution < 1.29 is 9.05 Å². The average Bonchev–Trinajstić information content (AvgIpc) is 2.62. The highest BCUT2D eigenvalue weighted by atomic mass is 31.1. The van der Waals surface area contributed by atoms with Gasteiger partial charge < -0.3 is 9.05 Å². The van der Waals surface area contributed by atoms with Gasteiger partial charge in [0.2, 0.25) is 9.03 Å². The first kappa shape index (κ1) is 26.2. The highest BCUT2D eigenvalue weighted by Crippen LogP contribution is 2.50. The molecule has 182 valence electrons. The molecule has 0 aromatic heterocycles. The molecule has 3 heteroatoms. The number of hydrogen-bond acceptors (Lipinski definition) is 2. The monoisotopic (exact) mass is 468 g/mol. The summed E-state index contributed by atoms with van der Waals surface area (Å²) in [4.78, 5) is 0. The molecule has 2 aliphatic rings. The van der Waals surface area contributed by atoms with Gasteiger partial charge >= 0.3 is 0 Å². The number of fused-ring (bicyclic) bond motifs is 2. The summed E-state index contributed by atoms with van der Waals surface area (Å²) in [6, 6.07) is 4.71. The Kier molecular flexibility index (Phi) is 6.67. The fourth-order valence-corrected chi connectivity index (χ4v) is 5.15. The Hall–Kier alpha value is -1.37. The van der Waals surface area contributed by atoms with Crippen LogP contribution in [0.2, 0.25) is 0 Å². The standard InChI is InChI=1S/C30H45O2P/c1-18-21-14-19(27(2,3)4)16-23(29(8,9)10)25(21)31-33-32-26-22(18)15-20(28(5,6)7)17-24(26)30(11,12)13/h14-17,25,33H,1-13H3/b21-18-. The van der Waals surface area contributed by atoms with Gasteiger partial charge in [-0.15, -0.1) is 0 Å². The minimum Gasteiger partial charge on any atom is -0.449 e. The van der Waals surface area contributed by atoms with Crippen molar-refractivity contribution in [3.8, 4) is 5.75 Å². The van der Waals surface area contributed by atoms with Crippen LogP contribution >= 0.6 is 9.03 Å². The smallest absolute Gasteiger partial charge is 0.216 e. The molecule has 0 spiro atoms. The van der Waals surface area contributed by atoms with Gasteiger partial charge in [-0.2, -0.15) is 0 Å². The Morgan fingerprint density at radius 1 is 0.727 bits per heavy atom. The maximum Gasteiger partial charge on any atom is 0.216 e. The summed E-state index contributed by atoms with van der Waals surface area (Å²) in [7, 11) is -0.0445. The van der Waals surface area contributed by atoms with Crippen LogP contribution in [0.5, 0.6) is 5.75 Å². The van der Waals surface area contributed by atoms with Gasteiger partial charge in [-0.25, -0.2) is 0 Å². The second-order valence-electron chi connectivity index (χ2n) is 13.9. The Morgan fingerprint density at radius 3 is 1.82 bits per heavy atom. The van der Waals surface area contributed by atoms with Crippen molar-refractivity contribution in [2.24, 2.45) is 10.8 Å². The van der Waals surface area contributed by atoms with Gasteiger partial charge in [0, 0.05) is 11.1 Å². The summed E-state index contributed by atoms with van der Waals surface area (Å²) in [5, 5.41) is 0. The van der Waals surface area contributed by atoms with Crippen molar-refractivity contribution >= 4 is 14.6 Å². The molecule has 1 aliphatic carbocycles. The summed E-state index contributed by atoms with van der Waals surface area (Å²) in [5.41, 5.74) is 9.10. The van der Waals surface area contributed by atoms with E-state index in [0.29, 0.717) is 0 Å². The van der Waals surface area contributed by atoms with Crippen LogP contribution in [0.15, 0.2) is 41.0 Å². The average molecular weight is 469 g/mol. The van der Waals surface area contributed by atoms with Crippen molar-refractivity contribution in [1.82, 2.24) is 0 Å². The van der Waals surface area contributed by atoms with E-state index >= 15 is 0 Å². The Labute approximate surface area is 204 Å². The fraction of sp³-hybridized carbons (Fsp3) is 0.600. The van der Waals surface area contributed by atoms with Gasteiger partial charge in [0.25, 0.3) is 0 Å². The van der Waals surface area contributed by atoms with Gasteiger partial charge in [-0.1, -0.05) is 101 Å². The van der Waals surface area contributed by atoms with E-state index in [4.69, 9.17) is 9.05 Å². The van der Waals surface area contributed by atoms with E-state index < -0.39 is 0 Å². The third-order valence-corrected chi connectivity index (χ3v) is 7.45. The Morgan fingerprint density at radius 2 is 1.33 bits per heavy atom. The third-order valence-electron chi connectivity index (χ3n) is 6.83. The van der Waals surface area contributed by atoms with E-state index in [2.05, 4.69) is 114 Å². The number of benzene rings is 1. The lowest BCUT2D eigenvalue weighted by atomic mass is 9.71. The Balaban J connectivity index is 2.40. The molecule has 2 nitrogen and oxygen atoms in total. The molecule has 0 N–H and O–H groups in total. The highest BCUT2D eigenvalue weighted by molar-refractivity contribution is 7.26. The zero-order valence-corrected chi connectivity index (χ0v) is 24.2. The molecule has 1 aliphatic heterocycles. The van der Waals surface area contributed by atoms with Gasteiger partial charge in [0.15, 0.2) is 0 Å². The van der Waals surface area contributed by atoms with Crippen molar-refractivity contribution in [3.63, 3.8) is 0 Å². The lowest BCUT2D eigenvalue weighted by Crippen LogP contribution is -2.30. The number of allylic oxidation sites excluding steroid dienone is 3. The van der Waals surface area contributed by atoms with Crippen LogP contribution in [0.1, 0.15) is 107 Å². The topological polar surface area (TPSA) is 18.5 Å². The molecule has 2 unspecified atom stereocenters. The van der Waals surface area contributed by atoms with Crippen LogP contribution in [-0.4, -0.2) is 6.10 Å². The van der Waals surface area contributed by atoms with Crippen molar-refractivity contribution in [3.05, 3.63) is 57.7 Å². The van der Waals surface area contributed by atoms with Gasteiger partial charge in [-0.3, -0.25) is 0 Å². The third kappa shape index (κ3) is 5.33. The minimum absolute atomic E-state index is 0.00269. The highest BCUT2D eigenvalue weighted by Gasteiger charge is 2.37. The molecule has 2 atom stereocenters. The maximum atomic E-state index is 6.51.